The van der Waals surface area contributed by atoms with E-state index in [2.05, 4.69) is 36.1 Å². The maximum absolute atomic E-state index is 5.98. The second-order valence-corrected chi connectivity index (χ2v) is 6.97. The third-order valence-electron chi connectivity index (χ3n) is 4.70. The number of hydrogen-bond acceptors (Lipinski definition) is 3. The molecule has 0 spiro atoms. The highest BCUT2D eigenvalue weighted by Gasteiger charge is 2.31. The summed E-state index contributed by atoms with van der Waals surface area (Å²) in [5.74, 6) is 1.93. The summed E-state index contributed by atoms with van der Waals surface area (Å²) in [6, 6.07) is 10.2. The first kappa shape index (κ1) is 13.5. The minimum Gasteiger partial charge on any atom is -0.329 e. The van der Waals surface area contributed by atoms with Crippen LogP contribution < -0.4 is 5.73 Å². The van der Waals surface area contributed by atoms with Crippen molar-refractivity contribution < 1.29 is 0 Å². The summed E-state index contributed by atoms with van der Waals surface area (Å²) in [6.07, 6.45) is 3.95. The Labute approximate surface area is 120 Å². The molecule has 3 atom stereocenters. The van der Waals surface area contributed by atoms with Gasteiger partial charge >= 0.3 is 0 Å². The average molecular weight is 276 g/mol. The van der Waals surface area contributed by atoms with Gasteiger partial charge in [-0.25, -0.2) is 0 Å². The Morgan fingerprint density at radius 2 is 2.16 bits per heavy atom. The Kier molecular flexibility index (Phi) is 4.15. The highest BCUT2D eigenvalue weighted by atomic mass is 32.2. The molecule has 104 valence electrons. The Bertz CT molecular complexity index is 435. The summed E-state index contributed by atoms with van der Waals surface area (Å²) in [6.45, 7) is 4.37. The van der Waals surface area contributed by atoms with Crippen molar-refractivity contribution >= 4 is 11.8 Å². The summed E-state index contributed by atoms with van der Waals surface area (Å²) >= 11 is 2.02. The highest BCUT2D eigenvalue weighted by Crippen LogP contribution is 2.40. The van der Waals surface area contributed by atoms with Gasteiger partial charge in [-0.2, -0.15) is 0 Å². The Balaban J connectivity index is 1.74. The lowest BCUT2D eigenvalue weighted by molar-refractivity contribution is 0.0921. The van der Waals surface area contributed by atoms with Crippen molar-refractivity contribution in [2.24, 2.45) is 5.73 Å². The standard InChI is InChI=1S/C16H24N2S/c1-12-5-4-6-14(9-17)18(12)10-13-11-19-16-8-3-2-7-15(13)16/h2-3,7-8,12-14H,4-6,9-11,17H2,1H3. The molecule has 0 saturated carbocycles. The Morgan fingerprint density at radius 1 is 1.32 bits per heavy atom. The van der Waals surface area contributed by atoms with E-state index in [1.165, 1.54) is 36.5 Å². The minimum atomic E-state index is 0.599. The molecular weight excluding hydrogens is 252 g/mol. The molecule has 3 rings (SSSR count). The number of piperidine rings is 1. The summed E-state index contributed by atoms with van der Waals surface area (Å²) in [5, 5.41) is 0. The lowest BCUT2D eigenvalue weighted by atomic mass is 9.93. The molecule has 1 aromatic rings. The van der Waals surface area contributed by atoms with Crippen LogP contribution >= 0.6 is 11.8 Å². The van der Waals surface area contributed by atoms with Gasteiger partial charge in [0, 0.05) is 41.7 Å². The van der Waals surface area contributed by atoms with Gasteiger partial charge < -0.3 is 5.73 Å². The van der Waals surface area contributed by atoms with Crippen molar-refractivity contribution in [2.45, 2.75) is 49.1 Å². The first-order chi connectivity index (χ1) is 9.29. The van der Waals surface area contributed by atoms with E-state index in [-0.39, 0.29) is 0 Å². The number of nitrogens with zero attached hydrogens (tertiary/aromatic N) is 1. The number of thioether (sulfide) groups is 1. The fraction of sp³-hybridized carbons (Fsp3) is 0.625. The molecule has 0 amide bonds. The van der Waals surface area contributed by atoms with E-state index >= 15 is 0 Å². The molecule has 2 N–H and O–H groups in total. The molecule has 2 aliphatic rings. The molecule has 1 fully saturated rings. The van der Waals surface area contributed by atoms with E-state index in [1.54, 1.807) is 5.56 Å². The molecule has 1 saturated heterocycles. The van der Waals surface area contributed by atoms with Crippen LogP contribution in [0, 0.1) is 0 Å². The molecule has 2 heterocycles. The summed E-state index contributed by atoms with van der Waals surface area (Å²) in [5.41, 5.74) is 7.53. The Hall–Kier alpha value is -0.510. The molecular formula is C16H24N2S. The van der Waals surface area contributed by atoms with Crippen LogP contribution in [-0.4, -0.2) is 35.8 Å². The third kappa shape index (κ3) is 2.69. The zero-order valence-electron chi connectivity index (χ0n) is 11.7. The third-order valence-corrected chi connectivity index (χ3v) is 5.95. The first-order valence-corrected chi connectivity index (χ1v) is 8.45. The summed E-state index contributed by atoms with van der Waals surface area (Å²) in [4.78, 5) is 4.16. The maximum atomic E-state index is 5.98. The molecule has 3 heteroatoms. The second-order valence-electron chi connectivity index (χ2n) is 5.91. The van der Waals surface area contributed by atoms with Crippen LogP contribution in [0.25, 0.3) is 0 Å². The van der Waals surface area contributed by atoms with E-state index in [0.717, 1.165) is 6.54 Å². The van der Waals surface area contributed by atoms with Gasteiger partial charge in [-0.1, -0.05) is 24.6 Å². The van der Waals surface area contributed by atoms with Crippen molar-refractivity contribution in [3.63, 3.8) is 0 Å². The van der Waals surface area contributed by atoms with Crippen molar-refractivity contribution in [3.8, 4) is 0 Å². The predicted octanol–water partition coefficient (Wildman–Crippen LogP) is 3.08. The van der Waals surface area contributed by atoms with Crippen molar-refractivity contribution in [1.29, 1.82) is 0 Å². The summed E-state index contributed by atoms with van der Waals surface area (Å²) < 4.78 is 0. The number of nitrogens with two attached hydrogens (primary N) is 1. The topological polar surface area (TPSA) is 29.3 Å². The smallest absolute Gasteiger partial charge is 0.0221 e. The number of benzene rings is 1. The van der Waals surface area contributed by atoms with Crippen LogP contribution in [0.4, 0.5) is 0 Å². The van der Waals surface area contributed by atoms with E-state index < -0.39 is 0 Å². The zero-order chi connectivity index (χ0) is 13.2. The van der Waals surface area contributed by atoms with E-state index in [9.17, 15) is 0 Å². The van der Waals surface area contributed by atoms with Crippen LogP contribution in [-0.2, 0) is 0 Å². The molecule has 0 bridgehead atoms. The molecule has 19 heavy (non-hydrogen) atoms. The summed E-state index contributed by atoms with van der Waals surface area (Å²) in [7, 11) is 0. The molecule has 2 nitrogen and oxygen atoms in total. The van der Waals surface area contributed by atoms with E-state index in [0.29, 0.717) is 18.0 Å². The molecule has 3 unspecified atom stereocenters. The monoisotopic (exact) mass is 276 g/mol. The van der Waals surface area contributed by atoms with Gasteiger partial charge in [-0.05, 0) is 31.4 Å². The SMILES string of the molecule is CC1CCCC(CN)N1CC1CSc2ccccc21. The lowest BCUT2D eigenvalue weighted by Gasteiger charge is -2.41. The van der Waals surface area contributed by atoms with Crippen molar-refractivity contribution in [1.82, 2.24) is 4.90 Å². The lowest BCUT2D eigenvalue weighted by Crippen LogP contribution is -2.50. The van der Waals surface area contributed by atoms with Gasteiger partial charge in [0.1, 0.15) is 0 Å². The molecule has 0 aromatic heterocycles. The normalized spacial score (nSPS) is 31.4. The molecule has 0 aliphatic carbocycles. The molecule has 2 aliphatic heterocycles. The van der Waals surface area contributed by atoms with Crippen LogP contribution in [0.2, 0.25) is 0 Å². The van der Waals surface area contributed by atoms with Crippen molar-refractivity contribution in [3.05, 3.63) is 29.8 Å². The largest absolute Gasteiger partial charge is 0.329 e. The van der Waals surface area contributed by atoms with Crippen LogP contribution in [0.5, 0.6) is 0 Å². The van der Waals surface area contributed by atoms with Crippen LogP contribution in [0.1, 0.15) is 37.7 Å². The molecule has 0 radical (unpaired) electrons. The number of rotatable bonds is 3. The fourth-order valence-electron chi connectivity index (χ4n) is 3.56. The molecule has 1 aromatic carbocycles. The number of hydrogen-bond donors (Lipinski definition) is 1. The van der Waals surface area contributed by atoms with Gasteiger partial charge in [0.2, 0.25) is 0 Å². The Morgan fingerprint density at radius 3 is 3.00 bits per heavy atom. The van der Waals surface area contributed by atoms with Gasteiger partial charge in [0.05, 0.1) is 0 Å². The van der Waals surface area contributed by atoms with Crippen LogP contribution in [0.3, 0.4) is 0 Å². The minimum absolute atomic E-state index is 0.599. The quantitative estimate of drug-likeness (QED) is 0.920. The maximum Gasteiger partial charge on any atom is 0.0221 e. The second kappa shape index (κ2) is 5.86. The highest BCUT2D eigenvalue weighted by molar-refractivity contribution is 7.99. The number of fused-ring (bicyclic) bond motifs is 1. The van der Waals surface area contributed by atoms with Crippen LogP contribution in [0.15, 0.2) is 29.2 Å². The first-order valence-electron chi connectivity index (χ1n) is 7.47. The van der Waals surface area contributed by atoms with Crippen molar-refractivity contribution in [2.75, 3.05) is 18.8 Å². The van der Waals surface area contributed by atoms with E-state index in [1.807, 2.05) is 11.8 Å². The van der Waals surface area contributed by atoms with Gasteiger partial charge in [-0.15, -0.1) is 11.8 Å². The van der Waals surface area contributed by atoms with E-state index in [4.69, 9.17) is 5.73 Å². The van der Waals surface area contributed by atoms with Gasteiger partial charge in [-0.3, -0.25) is 4.90 Å². The fourth-order valence-corrected chi connectivity index (χ4v) is 4.80. The number of likely N-dealkylation sites (tertiary alicyclic amines) is 1. The zero-order valence-corrected chi connectivity index (χ0v) is 12.5. The predicted molar refractivity (Wildman–Crippen MR) is 82.8 cm³/mol. The van der Waals surface area contributed by atoms with Gasteiger partial charge in [0.25, 0.3) is 0 Å². The van der Waals surface area contributed by atoms with Gasteiger partial charge in [0.15, 0.2) is 0 Å². The average Bonchev–Trinajstić information content (AvgIpc) is 2.84.